The van der Waals surface area contributed by atoms with Gasteiger partial charge in [0.05, 0.1) is 5.69 Å². The molecular formula is C23H18FNO2. The van der Waals surface area contributed by atoms with Gasteiger partial charge in [-0.25, -0.2) is 4.39 Å². The van der Waals surface area contributed by atoms with Gasteiger partial charge in [-0.05, 0) is 59.9 Å². The number of benzene rings is 3. The molecule has 0 fully saturated rings. The van der Waals surface area contributed by atoms with Crippen molar-refractivity contribution in [3.05, 3.63) is 88.7 Å². The summed E-state index contributed by atoms with van der Waals surface area (Å²) in [4.78, 5) is 25.2. The van der Waals surface area contributed by atoms with Crippen LogP contribution in [0.5, 0.6) is 0 Å². The normalized spacial score (nSPS) is 12.7. The molecule has 0 saturated carbocycles. The van der Waals surface area contributed by atoms with E-state index in [2.05, 4.69) is 5.32 Å². The van der Waals surface area contributed by atoms with Gasteiger partial charge in [0.15, 0.2) is 5.78 Å². The van der Waals surface area contributed by atoms with E-state index in [1.54, 1.807) is 13.0 Å². The molecule has 27 heavy (non-hydrogen) atoms. The van der Waals surface area contributed by atoms with Gasteiger partial charge in [-0.3, -0.25) is 9.59 Å². The van der Waals surface area contributed by atoms with Crippen LogP contribution in [-0.4, -0.2) is 11.7 Å². The van der Waals surface area contributed by atoms with Crippen LogP contribution in [0.2, 0.25) is 0 Å². The number of amides is 1. The topological polar surface area (TPSA) is 46.2 Å². The van der Waals surface area contributed by atoms with E-state index in [4.69, 9.17) is 0 Å². The Balaban J connectivity index is 1.73. The van der Waals surface area contributed by atoms with E-state index in [-0.39, 0.29) is 17.5 Å². The molecule has 3 aromatic carbocycles. The number of halogens is 1. The summed E-state index contributed by atoms with van der Waals surface area (Å²) < 4.78 is 13.3. The molecule has 0 aromatic heterocycles. The van der Waals surface area contributed by atoms with E-state index in [9.17, 15) is 14.0 Å². The number of anilines is 1. The fourth-order valence-corrected chi connectivity index (χ4v) is 3.65. The Morgan fingerprint density at radius 2 is 1.78 bits per heavy atom. The number of Topliss-reactive ketones (excluding diaryl/α,β-unsaturated/α-hetero) is 1. The smallest absolute Gasteiger partial charge is 0.255 e. The standard InChI is InChI=1S/C23H18FNO2/c1-14-13-16(24)7-8-17(14)23(27)25-20-11-9-18(15-5-3-2-4-6-15)19-10-12-21(26)22(19)20/h2-9,11,13H,10,12H2,1H3,(H,25,27). The highest BCUT2D eigenvalue weighted by molar-refractivity contribution is 6.12. The first-order valence-electron chi connectivity index (χ1n) is 8.86. The van der Waals surface area contributed by atoms with E-state index in [1.165, 1.54) is 18.2 Å². The number of fused-ring (bicyclic) bond motifs is 1. The minimum atomic E-state index is -0.382. The van der Waals surface area contributed by atoms with Crippen molar-refractivity contribution < 1.29 is 14.0 Å². The number of carbonyl (C=O) groups is 2. The molecule has 0 saturated heterocycles. The first-order valence-corrected chi connectivity index (χ1v) is 8.86. The Bertz CT molecular complexity index is 1060. The first-order chi connectivity index (χ1) is 13.0. The van der Waals surface area contributed by atoms with Crippen LogP contribution in [0.25, 0.3) is 11.1 Å². The molecule has 0 aliphatic heterocycles. The van der Waals surface area contributed by atoms with Crippen molar-refractivity contribution in [1.82, 2.24) is 0 Å². The number of aryl methyl sites for hydroxylation is 1. The Morgan fingerprint density at radius 3 is 2.52 bits per heavy atom. The van der Waals surface area contributed by atoms with Crippen molar-refractivity contribution in [2.24, 2.45) is 0 Å². The van der Waals surface area contributed by atoms with Gasteiger partial charge < -0.3 is 5.32 Å². The summed E-state index contributed by atoms with van der Waals surface area (Å²) in [6.45, 7) is 1.69. The third-order valence-corrected chi connectivity index (χ3v) is 4.96. The van der Waals surface area contributed by atoms with Gasteiger partial charge in [-0.2, -0.15) is 0 Å². The van der Waals surface area contributed by atoms with E-state index < -0.39 is 0 Å². The summed E-state index contributed by atoms with van der Waals surface area (Å²) in [7, 11) is 0. The van der Waals surface area contributed by atoms with Gasteiger partial charge in [-0.1, -0.05) is 36.4 Å². The van der Waals surface area contributed by atoms with Crippen LogP contribution in [-0.2, 0) is 6.42 Å². The van der Waals surface area contributed by atoms with Gasteiger partial charge in [-0.15, -0.1) is 0 Å². The zero-order valence-electron chi connectivity index (χ0n) is 14.9. The molecule has 134 valence electrons. The monoisotopic (exact) mass is 359 g/mol. The number of hydrogen-bond donors (Lipinski definition) is 1. The number of rotatable bonds is 3. The highest BCUT2D eigenvalue weighted by Gasteiger charge is 2.27. The van der Waals surface area contributed by atoms with Crippen LogP contribution in [0.1, 0.15) is 38.3 Å². The maximum absolute atomic E-state index is 13.3. The first kappa shape index (κ1) is 17.2. The molecule has 1 aliphatic carbocycles. The molecular weight excluding hydrogens is 341 g/mol. The molecule has 1 N–H and O–H groups in total. The molecule has 4 heteroatoms. The average Bonchev–Trinajstić information content (AvgIpc) is 3.05. The molecule has 1 amide bonds. The zero-order chi connectivity index (χ0) is 19.0. The molecule has 0 atom stereocenters. The van der Waals surface area contributed by atoms with Crippen molar-refractivity contribution in [2.75, 3.05) is 5.32 Å². The SMILES string of the molecule is Cc1cc(F)ccc1C(=O)Nc1ccc(-c2ccccc2)c2c1C(=O)CC2. The average molecular weight is 359 g/mol. The van der Waals surface area contributed by atoms with Gasteiger partial charge in [0.2, 0.25) is 0 Å². The number of nitrogens with one attached hydrogen (secondary N) is 1. The second kappa shape index (κ2) is 6.80. The maximum Gasteiger partial charge on any atom is 0.255 e. The number of hydrogen-bond acceptors (Lipinski definition) is 2. The molecule has 3 nitrogen and oxygen atoms in total. The minimum Gasteiger partial charge on any atom is -0.321 e. The van der Waals surface area contributed by atoms with Crippen LogP contribution in [0.4, 0.5) is 10.1 Å². The summed E-state index contributed by atoms with van der Waals surface area (Å²) in [5.74, 6) is -0.692. The van der Waals surface area contributed by atoms with Crippen molar-refractivity contribution in [3.63, 3.8) is 0 Å². The molecule has 4 rings (SSSR count). The van der Waals surface area contributed by atoms with Crippen LogP contribution < -0.4 is 5.32 Å². The van der Waals surface area contributed by atoms with Crippen molar-refractivity contribution in [1.29, 1.82) is 0 Å². The Labute approximate surface area is 156 Å². The molecule has 1 aliphatic rings. The third kappa shape index (κ3) is 3.14. The van der Waals surface area contributed by atoms with Crippen molar-refractivity contribution >= 4 is 17.4 Å². The van der Waals surface area contributed by atoms with Crippen LogP contribution in [0.15, 0.2) is 60.7 Å². The van der Waals surface area contributed by atoms with Crippen LogP contribution >= 0.6 is 0 Å². The minimum absolute atomic E-state index is 0.0360. The van der Waals surface area contributed by atoms with Crippen LogP contribution in [0, 0.1) is 12.7 Å². The molecule has 0 heterocycles. The van der Waals surface area contributed by atoms with E-state index in [1.807, 2.05) is 36.4 Å². The Kier molecular flexibility index (Phi) is 4.32. The molecule has 0 radical (unpaired) electrons. The summed E-state index contributed by atoms with van der Waals surface area (Å²) in [6.07, 6.45) is 1.11. The fourth-order valence-electron chi connectivity index (χ4n) is 3.65. The second-order valence-electron chi connectivity index (χ2n) is 6.72. The molecule has 3 aromatic rings. The molecule has 0 spiro atoms. The third-order valence-electron chi connectivity index (χ3n) is 4.96. The van der Waals surface area contributed by atoms with Gasteiger partial charge >= 0.3 is 0 Å². The van der Waals surface area contributed by atoms with Gasteiger partial charge in [0.1, 0.15) is 5.82 Å². The lowest BCUT2D eigenvalue weighted by Crippen LogP contribution is -2.15. The lowest BCUT2D eigenvalue weighted by molar-refractivity contribution is 0.0995. The fraction of sp³-hybridized carbons (Fsp3) is 0.130. The quantitative estimate of drug-likeness (QED) is 0.700. The van der Waals surface area contributed by atoms with Gasteiger partial charge in [0, 0.05) is 17.5 Å². The Morgan fingerprint density at radius 1 is 1.00 bits per heavy atom. The Hall–Kier alpha value is -3.27. The maximum atomic E-state index is 13.3. The molecule has 0 bridgehead atoms. The van der Waals surface area contributed by atoms with Crippen molar-refractivity contribution in [2.45, 2.75) is 19.8 Å². The highest BCUT2D eigenvalue weighted by Crippen LogP contribution is 2.37. The summed E-state index contributed by atoms with van der Waals surface area (Å²) in [5, 5.41) is 2.85. The highest BCUT2D eigenvalue weighted by atomic mass is 19.1. The number of carbonyl (C=O) groups excluding carboxylic acids is 2. The second-order valence-corrected chi connectivity index (χ2v) is 6.72. The van der Waals surface area contributed by atoms with Crippen molar-refractivity contribution in [3.8, 4) is 11.1 Å². The van der Waals surface area contributed by atoms with Gasteiger partial charge in [0.25, 0.3) is 5.91 Å². The lowest BCUT2D eigenvalue weighted by atomic mass is 9.95. The van der Waals surface area contributed by atoms with E-state index >= 15 is 0 Å². The predicted molar refractivity (Wildman–Crippen MR) is 104 cm³/mol. The lowest BCUT2D eigenvalue weighted by Gasteiger charge is -2.14. The summed E-state index contributed by atoms with van der Waals surface area (Å²) >= 11 is 0. The summed E-state index contributed by atoms with van der Waals surface area (Å²) in [5.41, 5.74) is 5.09. The zero-order valence-corrected chi connectivity index (χ0v) is 14.9. The summed E-state index contributed by atoms with van der Waals surface area (Å²) in [6, 6.07) is 17.7. The largest absolute Gasteiger partial charge is 0.321 e. The van der Waals surface area contributed by atoms with E-state index in [0.29, 0.717) is 35.2 Å². The van der Waals surface area contributed by atoms with E-state index in [0.717, 1.165) is 16.7 Å². The predicted octanol–water partition coefficient (Wildman–Crippen LogP) is 5.18. The van der Waals surface area contributed by atoms with Crippen LogP contribution in [0.3, 0.4) is 0 Å². The number of ketones is 1. The molecule has 0 unspecified atom stereocenters.